The molecule has 2 aromatic carbocycles. The summed E-state index contributed by atoms with van der Waals surface area (Å²) in [5, 5.41) is 11.6. The fraction of sp³-hybridized carbons (Fsp3) is 0.0625. The van der Waals surface area contributed by atoms with Crippen molar-refractivity contribution < 1.29 is 0 Å². The predicted octanol–water partition coefficient (Wildman–Crippen LogP) is 2.66. The van der Waals surface area contributed by atoms with E-state index in [9.17, 15) is 4.79 Å². The molecule has 1 aromatic heterocycles. The second-order valence-corrected chi connectivity index (χ2v) is 4.94. The Morgan fingerprint density at radius 1 is 0.952 bits per heavy atom. The number of para-hydroxylation sites is 3. The molecule has 0 amide bonds. The summed E-state index contributed by atoms with van der Waals surface area (Å²) in [7, 11) is 0. The molecular weight excluding hydrogens is 264 g/mol. The highest BCUT2D eigenvalue weighted by Gasteiger charge is 2.21. The van der Waals surface area contributed by atoms with Gasteiger partial charge in [0, 0.05) is 11.3 Å². The Morgan fingerprint density at radius 2 is 1.67 bits per heavy atom. The van der Waals surface area contributed by atoms with Crippen LogP contribution in [0.5, 0.6) is 0 Å². The van der Waals surface area contributed by atoms with Gasteiger partial charge in [-0.05, 0) is 31.2 Å². The highest BCUT2D eigenvalue weighted by Crippen LogP contribution is 2.35. The van der Waals surface area contributed by atoms with Crippen molar-refractivity contribution in [2.24, 2.45) is 0 Å². The van der Waals surface area contributed by atoms with Crippen LogP contribution in [-0.2, 0) is 0 Å². The highest BCUT2D eigenvalue weighted by molar-refractivity contribution is 5.84. The molecule has 0 spiro atoms. The SMILES string of the molecule is Cc1nnc2n(c1=O)-c1ccccc1Nc1ccccc1-2. The zero-order valence-corrected chi connectivity index (χ0v) is 11.4. The first-order valence-electron chi connectivity index (χ1n) is 6.68. The summed E-state index contributed by atoms with van der Waals surface area (Å²) in [6.07, 6.45) is 0. The summed E-state index contributed by atoms with van der Waals surface area (Å²) >= 11 is 0. The van der Waals surface area contributed by atoms with Crippen LogP contribution in [0.2, 0.25) is 0 Å². The van der Waals surface area contributed by atoms with Gasteiger partial charge in [-0.25, -0.2) is 0 Å². The standard InChI is InChI=1S/C16H12N4O/c1-10-16(21)20-14-9-5-4-8-13(14)17-12-7-3-2-6-11(12)15(20)19-18-10/h2-9,17H,1H3. The van der Waals surface area contributed by atoms with Gasteiger partial charge in [-0.2, -0.15) is 0 Å². The second-order valence-electron chi connectivity index (χ2n) is 4.94. The topological polar surface area (TPSA) is 59.8 Å². The summed E-state index contributed by atoms with van der Waals surface area (Å²) in [4.78, 5) is 12.6. The van der Waals surface area contributed by atoms with Gasteiger partial charge in [0.15, 0.2) is 5.82 Å². The van der Waals surface area contributed by atoms with Gasteiger partial charge < -0.3 is 5.32 Å². The number of anilines is 2. The van der Waals surface area contributed by atoms with E-state index in [0.717, 1.165) is 22.6 Å². The Morgan fingerprint density at radius 3 is 2.52 bits per heavy atom. The average Bonchev–Trinajstić information content (AvgIpc) is 2.65. The van der Waals surface area contributed by atoms with Crippen LogP contribution < -0.4 is 10.9 Å². The minimum atomic E-state index is -0.147. The van der Waals surface area contributed by atoms with Crippen LogP contribution in [0.1, 0.15) is 5.69 Å². The van der Waals surface area contributed by atoms with Gasteiger partial charge in [0.1, 0.15) is 5.69 Å². The van der Waals surface area contributed by atoms with Crippen LogP contribution in [0.25, 0.3) is 17.1 Å². The molecule has 1 aliphatic heterocycles. The Labute approximate surface area is 120 Å². The smallest absolute Gasteiger partial charge is 0.280 e. The van der Waals surface area contributed by atoms with Gasteiger partial charge in [0.25, 0.3) is 5.56 Å². The summed E-state index contributed by atoms with van der Waals surface area (Å²) in [5.74, 6) is 0.554. The Balaban J connectivity index is 2.20. The average molecular weight is 276 g/mol. The van der Waals surface area contributed by atoms with E-state index < -0.39 is 0 Å². The van der Waals surface area contributed by atoms with Gasteiger partial charge in [-0.1, -0.05) is 24.3 Å². The van der Waals surface area contributed by atoms with Crippen LogP contribution >= 0.6 is 0 Å². The molecule has 1 aliphatic rings. The van der Waals surface area contributed by atoms with Crippen LogP contribution in [0.3, 0.4) is 0 Å². The molecule has 1 N–H and O–H groups in total. The van der Waals surface area contributed by atoms with Crippen LogP contribution in [0, 0.1) is 6.92 Å². The third-order valence-electron chi connectivity index (χ3n) is 3.60. The van der Waals surface area contributed by atoms with Crippen molar-refractivity contribution in [1.29, 1.82) is 0 Å². The van der Waals surface area contributed by atoms with E-state index in [1.807, 2.05) is 48.5 Å². The number of nitrogens with zero attached hydrogens (tertiary/aromatic N) is 3. The number of hydrogen-bond donors (Lipinski definition) is 1. The maximum Gasteiger partial charge on any atom is 0.280 e. The second kappa shape index (κ2) is 4.28. The monoisotopic (exact) mass is 276 g/mol. The third-order valence-corrected chi connectivity index (χ3v) is 3.60. The number of nitrogens with one attached hydrogen (secondary N) is 1. The van der Waals surface area contributed by atoms with Gasteiger partial charge >= 0.3 is 0 Å². The molecule has 2 heterocycles. The predicted molar refractivity (Wildman–Crippen MR) is 81.1 cm³/mol. The number of aryl methyl sites for hydroxylation is 1. The lowest BCUT2D eigenvalue weighted by Crippen LogP contribution is -2.25. The molecule has 0 aliphatic carbocycles. The fourth-order valence-electron chi connectivity index (χ4n) is 2.57. The lowest BCUT2D eigenvalue weighted by Gasteiger charge is -2.11. The minimum Gasteiger partial charge on any atom is -0.353 e. The molecular formula is C16H12N4O. The molecule has 4 rings (SSSR count). The normalized spacial score (nSPS) is 11.7. The Bertz CT molecular complexity index is 914. The molecule has 5 heteroatoms. The maximum atomic E-state index is 12.6. The van der Waals surface area contributed by atoms with Crippen molar-refractivity contribution in [2.45, 2.75) is 6.92 Å². The minimum absolute atomic E-state index is 0.147. The van der Waals surface area contributed by atoms with Crippen molar-refractivity contribution in [1.82, 2.24) is 14.8 Å². The highest BCUT2D eigenvalue weighted by atomic mass is 16.1. The lowest BCUT2D eigenvalue weighted by molar-refractivity contribution is 0.837. The van der Waals surface area contributed by atoms with Crippen molar-refractivity contribution in [2.75, 3.05) is 5.32 Å². The number of aromatic nitrogens is 3. The van der Waals surface area contributed by atoms with E-state index in [4.69, 9.17) is 0 Å². The molecule has 0 atom stereocenters. The van der Waals surface area contributed by atoms with Crippen LogP contribution in [0.4, 0.5) is 11.4 Å². The molecule has 0 bridgehead atoms. The molecule has 0 radical (unpaired) electrons. The van der Waals surface area contributed by atoms with E-state index in [1.165, 1.54) is 0 Å². The van der Waals surface area contributed by atoms with E-state index in [2.05, 4.69) is 15.5 Å². The van der Waals surface area contributed by atoms with Crippen LogP contribution in [-0.4, -0.2) is 14.8 Å². The first-order valence-corrected chi connectivity index (χ1v) is 6.68. The number of rotatable bonds is 0. The van der Waals surface area contributed by atoms with Gasteiger partial charge in [0.2, 0.25) is 0 Å². The van der Waals surface area contributed by atoms with E-state index >= 15 is 0 Å². The molecule has 102 valence electrons. The fourth-order valence-corrected chi connectivity index (χ4v) is 2.57. The number of hydrogen-bond acceptors (Lipinski definition) is 4. The van der Waals surface area contributed by atoms with Crippen LogP contribution in [0.15, 0.2) is 53.3 Å². The Hall–Kier alpha value is -2.95. The first-order chi connectivity index (χ1) is 10.3. The summed E-state index contributed by atoms with van der Waals surface area (Å²) in [6, 6.07) is 15.5. The number of benzene rings is 2. The molecule has 5 nitrogen and oxygen atoms in total. The Kier molecular flexibility index (Phi) is 2.41. The molecule has 0 saturated heterocycles. The summed E-state index contributed by atoms with van der Waals surface area (Å²) in [6.45, 7) is 1.68. The van der Waals surface area contributed by atoms with Gasteiger partial charge in [-0.15, -0.1) is 10.2 Å². The molecule has 0 saturated carbocycles. The molecule has 3 aromatic rings. The summed E-state index contributed by atoms with van der Waals surface area (Å²) < 4.78 is 1.62. The quantitative estimate of drug-likeness (QED) is 0.536. The molecule has 21 heavy (non-hydrogen) atoms. The van der Waals surface area contributed by atoms with Gasteiger partial charge in [-0.3, -0.25) is 9.36 Å². The van der Waals surface area contributed by atoms with E-state index in [0.29, 0.717) is 11.5 Å². The lowest BCUT2D eigenvalue weighted by atomic mass is 10.1. The zero-order valence-electron chi connectivity index (χ0n) is 11.4. The van der Waals surface area contributed by atoms with Gasteiger partial charge in [0.05, 0.1) is 11.4 Å². The third kappa shape index (κ3) is 1.67. The van der Waals surface area contributed by atoms with Crippen molar-refractivity contribution >= 4 is 11.4 Å². The number of fused-ring (bicyclic) bond motifs is 5. The van der Waals surface area contributed by atoms with Crippen molar-refractivity contribution in [3.63, 3.8) is 0 Å². The maximum absolute atomic E-state index is 12.6. The molecule has 0 fully saturated rings. The van der Waals surface area contributed by atoms with E-state index in [1.54, 1.807) is 11.5 Å². The van der Waals surface area contributed by atoms with Crippen molar-refractivity contribution in [3.8, 4) is 17.1 Å². The largest absolute Gasteiger partial charge is 0.353 e. The van der Waals surface area contributed by atoms with E-state index in [-0.39, 0.29) is 5.56 Å². The first kappa shape index (κ1) is 11.8. The molecule has 0 unspecified atom stereocenters. The zero-order chi connectivity index (χ0) is 14.4. The summed E-state index contributed by atoms with van der Waals surface area (Å²) in [5.41, 5.74) is 3.66. The van der Waals surface area contributed by atoms with Crippen molar-refractivity contribution in [3.05, 3.63) is 64.6 Å².